The van der Waals surface area contributed by atoms with Crippen molar-refractivity contribution in [1.29, 1.82) is 0 Å². The Hall–Kier alpha value is -0.280. The molecule has 0 saturated carbocycles. The van der Waals surface area contributed by atoms with E-state index >= 15 is 0 Å². The summed E-state index contributed by atoms with van der Waals surface area (Å²) in [4.78, 5) is 0. The summed E-state index contributed by atoms with van der Waals surface area (Å²) in [6.45, 7) is 0. The highest BCUT2D eigenvalue weighted by Gasteiger charge is 2.19. The molecule has 0 aromatic carbocycles. The van der Waals surface area contributed by atoms with Crippen molar-refractivity contribution >= 4 is 0 Å². The van der Waals surface area contributed by atoms with Gasteiger partial charge in [-0.05, 0) is 0 Å². The number of hydrogen-bond acceptors (Lipinski definition) is 7. The molecule has 0 aliphatic carbocycles. The van der Waals surface area contributed by atoms with Crippen molar-refractivity contribution in [1.82, 2.24) is 31.7 Å². The van der Waals surface area contributed by atoms with Crippen LogP contribution in [0.5, 0.6) is 0 Å². The van der Waals surface area contributed by atoms with Crippen LogP contribution in [0.1, 0.15) is 0 Å². The van der Waals surface area contributed by atoms with Crippen LogP contribution in [-0.4, -0.2) is 41.7 Å². The molecule has 4 N–H and O–H groups in total. The smallest absolute Gasteiger partial charge is 0.0207 e. The first-order chi connectivity index (χ1) is 4.61. The van der Waals surface area contributed by atoms with Gasteiger partial charge in [-0.15, -0.1) is 26.4 Å². The minimum absolute atomic E-state index is 1.25. The van der Waals surface area contributed by atoms with Crippen LogP contribution in [0.3, 0.4) is 0 Å². The third kappa shape index (κ3) is 1.41. The minimum Gasteiger partial charge on any atom is -0.238 e. The molecule has 10 heavy (non-hydrogen) atoms. The zero-order valence-electron chi connectivity index (χ0n) is 6.37. The van der Waals surface area contributed by atoms with E-state index in [0.29, 0.717) is 0 Å². The maximum absolute atomic E-state index is 5.38. The monoisotopic (exact) mass is 147 g/mol. The Morgan fingerprint density at radius 2 is 1.40 bits per heavy atom. The normalized spacial score (nSPS) is 27.6. The van der Waals surface area contributed by atoms with E-state index in [0.717, 1.165) is 0 Å². The summed E-state index contributed by atoms with van der Waals surface area (Å²) in [5, 5.41) is 6.50. The summed E-state index contributed by atoms with van der Waals surface area (Å²) in [5.41, 5.74) is 5.55. The van der Waals surface area contributed by atoms with Crippen molar-refractivity contribution in [2.24, 2.45) is 5.84 Å². The van der Waals surface area contributed by atoms with Gasteiger partial charge in [-0.25, -0.2) is 5.84 Å². The third-order valence-electron chi connectivity index (χ3n) is 1.37. The fourth-order valence-electron chi connectivity index (χ4n) is 0.665. The molecule has 1 saturated heterocycles. The van der Waals surface area contributed by atoms with Gasteiger partial charge in [0.1, 0.15) is 0 Å². The molecule has 7 nitrogen and oxygen atoms in total. The fourth-order valence-corrected chi connectivity index (χ4v) is 0.665. The zero-order valence-corrected chi connectivity index (χ0v) is 6.37. The van der Waals surface area contributed by atoms with Gasteiger partial charge in [0.2, 0.25) is 0 Å². The van der Waals surface area contributed by atoms with E-state index < -0.39 is 0 Å². The minimum atomic E-state index is 1.25. The Morgan fingerprint density at radius 3 is 1.80 bits per heavy atom. The number of nitrogens with one attached hydrogen (secondary N) is 2. The van der Waals surface area contributed by atoms with Crippen LogP contribution in [0.4, 0.5) is 0 Å². The van der Waals surface area contributed by atoms with Crippen LogP contribution in [0.25, 0.3) is 0 Å². The van der Waals surface area contributed by atoms with Gasteiger partial charge in [-0.2, -0.15) is 0 Å². The highest BCUT2D eigenvalue weighted by atomic mass is 16.2. The lowest BCUT2D eigenvalue weighted by molar-refractivity contribution is -0.315. The van der Waals surface area contributed by atoms with Gasteiger partial charge in [0.05, 0.1) is 0 Å². The van der Waals surface area contributed by atoms with E-state index in [1.165, 1.54) is 5.23 Å². The molecule has 1 aliphatic heterocycles. The Labute approximate surface area is 59.7 Å². The largest absolute Gasteiger partial charge is 0.238 e. The van der Waals surface area contributed by atoms with Gasteiger partial charge < -0.3 is 0 Å². The van der Waals surface area contributed by atoms with E-state index in [4.69, 9.17) is 5.84 Å². The maximum Gasteiger partial charge on any atom is 0.0207 e. The second-order valence-electron chi connectivity index (χ2n) is 2.11. The summed E-state index contributed by atoms with van der Waals surface area (Å²) in [7, 11) is 5.57. The number of hydrogen-bond donors (Lipinski definition) is 3. The SMILES string of the molecule is CN1NN(N)NN(C)N1C. The van der Waals surface area contributed by atoms with Gasteiger partial charge in [-0.3, -0.25) is 0 Å². The molecule has 7 heteroatoms. The molecule has 0 radical (unpaired) electrons. The van der Waals surface area contributed by atoms with Crippen molar-refractivity contribution in [3.05, 3.63) is 0 Å². The predicted molar refractivity (Wildman–Crippen MR) is 35.6 cm³/mol. The lowest BCUT2D eigenvalue weighted by Gasteiger charge is -2.43. The zero-order chi connectivity index (χ0) is 7.72. The van der Waals surface area contributed by atoms with Crippen LogP contribution in [0.2, 0.25) is 0 Å². The van der Waals surface area contributed by atoms with Crippen LogP contribution >= 0.6 is 0 Å². The molecule has 1 aliphatic rings. The van der Waals surface area contributed by atoms with Gasteiger partial charge in [0, 0.05) is 21.1 Å². The molecule has 1 fully saturated rings. The van der Waals surface area contributed by atoms with Gasteiger partial charge in [0.15, 0.2) is 0 Å². The topological polar surface area (TPSA) is 63.0 Å². The van der Waals surface area contributed by atoms with E-state index in [1.807, 2.05) is 26.3 Å². The average Bonchev–Trinajstić information content (AvgIpc) is 1.82. The third-order valence-corrected chi connectivity index (χ3v) is 1.37. The van der Waals surface area contributed by atoms with Crippen LogP contribution in [0.15, 0.2) is 0 Å². The molecule has 1 heterocycles. The first kappa shape index (κ1) is 7.82. The molecule has 60 valence electrons. The molecule has 0 aromatic rings. The van der Waals surface area contributed by atoms with Gasteiger partial charge >= 0.3 is 0 Å². The standard InChI is InChI=1S/C3H13N7/c1-7-5-10(4)6-8(2)9(7)3/h5-6H,4H2,1-3H3. The molecule has 0 unspecified atom stereocenters. The van der Waals surface area contributed by atoms with Crippen molar-refractivity contribution in [2.75, 3.05) is 21.1 Å². The van der Waals surface area contributed by atoms with E-state index in [1.54, 1.807) is 10.2 Å². The summed E-state index contributed by atoms with van der Waals surface area (Å²) in [5.74, 6) is 5.38. The Bertz CT molecular complexity index is 103. The number of nitrogens with zero attached hydrogens (tertiary/aromatic N) is 4. The van der Waals surface area contributed by atoms with Crippen LogP contribution in [-0.2, 0) is 0 Å². The Morgan fingerprint density at radius 1 is 1.00 bits per heavy atom. The molecule has 0 amide bonds. The number of hydrazine groups is 7. The molecule has 0 aromatic heterocycles. The molecular weight excluding hydrogens is 134 g/mol. The van der Waals surface area contributed by atoms with Crippen molar-refractivity contribution in [3.8, 4) is 0 Å². The number of nitrogens with two attached hydrogens (primary N) is 1. The highest BCUT2D eigenvalue weighted by Crippen LogP contribution is 1.92. The summed E-state index contributed by atoms with van der Waals surface area (Å²) in [6.07, 6.45) is 0. The van der Waals surface area contributed by atoms with Gasteiger partial charge in [-0.1, -0.05) is 5.23 Å². The average molecular weight is 147 g/mol. The highest BCUT2D eigenvalue weighted by molar-refractivity contribution is 4.36. The first-order valence-corrected chi connectivity index (χ1v) is 2.89. The van der Waals surface area contributed by atoms with Crippen molar-refractivity contribution in [2.45, 2.75) is 0 Å². The molecule has 1 rings (SSSR count). The van der Waals surface area contributed by atoms with E-state index in [9.17, 15) is 0 Å². The molecular formula is C3H13N7. The Balaban J connectivity index is 2.49. The lowest BCUT2D eigenvalue weighted by Crippen LogP contribution is -2.74. The second-order valence-corrected chi connectivity index (χ2v) is 2.11. The summed E-state index contributed by atoms with van der Waals surface area (Å²) < 4.78 is 0. The second kappa shape index (κ2) is 2.76. The Kier molecular flexibility index (Phi) is 2.16. The maximum atomic E-state index is 5.38. The van der Waals surface area contributed by atoms with Crippen molar-refractivity contribution < 1.29 is 0 Å². The van der Waals surface area contributed by atoms with Crippen LogP contribution in [0, 0.1) is 0 Å². The van der Waals surface area contributed by atoms with Gasteiger partial charge in [0.25, 0.3) is 0 Å². The van der Waals surface area contributed by atoms with E-state index in [-0.39, 0.29) is 0 Å². The summed E-state index contributed by atoms with van der Waals surface area (Å²) >= 11 is 0. The van der Waals surface area contributed by atoms with E-state index in [2.05, 4.69) is 11.1 Å². The number of rotatable bonds is 0. The first-order valence-electron chi connectivity index (χ1n) is 2.89. The molecule has 0 spiro atoms. The predicted octanol–water partition coefficient (Wildman–Crippen LogP) is -2.36. The summed E-state index contributed by atoms with van der Waals surface area (Å²) in [6, 6.07) is 0. The molecule has 0 atom stereocenters. The quantitative estimate of drug-likeness (QED) is 0.331. The fraction of sp³-hybridized carbons (Fsp3) is 1.00. The lowest BCUT2D eigenvalue weighted by atomic mass is 11.2. The van der Waals surface area contributed by atoms with Crippen molar-refractivity contribution in [3.63, 3.8) is 0 Å². The molecule has 0 bridgehead atoms. The van der Waals surface area contributed by atoms with Crippen LogP contribution < -0.4 is 16.9 Å².